The van der Waals surface area contributed by atoms with E-state index in [1.54, 1.807) is 0 Å². The fourth-order valence-electron chi connectivity index (χ4n) is 8.11. The van der Waals surface area contributed by atoms with Gasteiger partial charge in [0.15, 0.2) is 53.1 Å². The second-order valence-electron chi connectivity index (χ2n) is 15.6. The van der Waals surface area contributed by atoms with E-state index in [4.69, 9.17) is 75.3 Å². The van der Waals surface area contributed by atoms with Crippen LogP contribution in [-0.2, 0) is 67.2 Å². The van der Waals surface area contributed by atoms with E-state index in [0.29, 0.717) is 0 Å². The number of fused-ring (bicyclic) bond motifs is 3. The lowest BCUT2D eigenvalue weighted by molar-refractivity contribution is -0.0589. The Hall–Kier alpha value is -4.05. The quantitative estimate of drug-likeness (QED) is 0.0400. The Balaban J connectivity index is 0.940. The summed E-state index contributed by atoms with van der Waals surface area (Å²) >= 11 is 9.77. The molecule has 3 aliphatic heterocycles. The third kappa shape index (κ3) is 9.96. The first kappa shape index (κ1) is 49.9. The average Bonchev–Trinajstić information content (AvgIpc) is 4.16. The maximum atomic E-state index is 14.2. The van der Waals surface area contributed by atoms with Crippen molar-refractivity contribution >= 4 is 96.1 Å². The largest absolute Gasteiger partial charge is 0.387 e. The molecule has 0 bridgehead atoms. The Kier molecular flexibility index (Phi) is 14.1. The second kappa shape index (κ2) is 19.5. The molecule has 9 rings (SSSR count). The van der Waals surface area contributed by atoms with Crippen molar-refractivity contribution in [3.63, 3.8) is 0 Å². The van der Waals surface area contributed by atoms with Crippen molar-refractivity contribution in [2.45, 2.75) is 73.6 Å². The van der Waals surface area contributed by atoms with Crippen molar-refractivity contribution in [1.29, 1.82) is 0 Å². The Morgan fingerprint density at radius 2 is 1.01 bits per heavy atom. The van der Waals surface area contributed by atoms with Crippen LogP contribution < -0.4 is 17.2 Å². The lowest BCUT2D eigenvalue weighted by atomic mass is 10.1. The molecule has 0 saturated carbocycles. The van der Waals surface area contributed by atoms with Gasteiger partial charge in [-0.3, -0.25) is 31.8 Å². The van der Waals surface area contributed by atoms with E-state index in [-0.39, 0.29) is 50.9 Å². The van der Waals surface area contributed by atoms with E-state index >= 15 is 0 Å². The predicted octanol–water partition coefficient (Wildman–Crippen LogP) is -0.413. The number of ether oxygens (including phenoxy) is 5. The highest BCUT2D eigenvalue weighted by Crippen LogP contribution is 2.58. The van der Waals surface area contributed by atoms with Gasteiger partial charge >= 0.3 is 21.1 Å². The van der Waals surface area contributed by atoms with Gasteiger partial charge in [0.2, 0.25) is 0 Å². The first-order valence-electron chi connectivity index (χ1n) is 20.2. The number of anilines is 3. The number of thiol groups is 1. The predicted molar refractivity (Wildman–Crippen MR) is 241 cm³/mol. The Morgan fingerprint density at radius 1 is 0.609 bits per heavy atom. The first-order valence-corrected chi connectivity index (χ1v) is 27.5. The number of aromatic nitrogens is 12. The number of hydrogen-bond acceptors (Lipinski definition) is 27. The molecule has 0 aliphatic carbocycles. The summed E-state index contributed by atoms with van der Waals surface area (Å²) in [6.07, 6.45) is -7.87. The number of nitrogen functional groups attached to an aromatic ring is 3. The Morgan fingerprint density at radius 3 is 1.46 bits per heavy atom. The van der Waals surface area contributed by atoms with Crippen LogP contribution in [0.15, 0.2) is 38.0 Å². The van der Waals surface area contributed by atoms with Gasteiger partial charge in [-0.05, 0) is 11.8 Å². The van der Waals surface area contributed by atoms with Gasteiger partial charge in [-0.1, -0.05) is 12.2 Å². The van der Waals surface area contributed by atoms with Crippen LogP contribution in [0.2, 0.25) is 0 Å². The smallest absolute Gasteiger partial charge is 0.386 e. The monoisotopic (exact) mass is 1060 g/mol. The second-order valence-corrected chi connectivity index (χ2v) is 23.1. The minimum Gasteiger partial charge on any atom is -0.387 e. The molecule has 3 fully saturated rings. The zero-order valence-corrected chi connectivity index (χ0v) is 40.4. The number of nitrogens with zero attached hydrogens (tertiary/aromatic N) is 12. The van der Waals surface area contributed by atoms with Gasteiger partial charge in [0.25, 0.3) is 0 Å². The van der Waals surface area contributed by atoms with Crippen LogP contribution in [0.5, 0.6) is 0 Å². The molecular weight excluding hydrogens is 1020 g/mol. The van der Waals surface area contributed by atoms with Gasteiger partial charge in [-0.15, -0.1) is 0 Å². The summed E-state index contributed by atoms with van der Waals surface area (Å²) in [5, 5.41) is 22.0. The van der Waals surface area contributed by atoms with Crippen LogP contribution in [0.3, 0.4) is 0 Å². The number of aliphatic hydroxyl groups excluding tert-OH is 2. The molecule has 15 atom stereocenters. The van der Waals surface area contributed by atoms with Crippen molar-refractivity contribution in [2.75, 3.05) is 57.9 Å². The third-order valence-corrected chi connectivity index (χ3v) is 15.0. The first-order chi connectivity index (χ1) is 32.8. The van der Waals surface area contributed by atoms with Crippen molar-refractivity contribution in [3.05, 3.63) is 38.0 Å². The number of rotatable bonds is 18. The molecule has 0 aromatic carbocycles. The van der Waals surface area contributed by atoms with E-state index in [1.807, 2.05) is 0 Å². The molecule has 3 saturated heterocycles. The van der Waals surface area contributed by atoms with Gasteiger partial charge < -0.3 is 69.9 Å². The molecule has 6 aromatic heterocycles. The minimum absolute atomic E-state index is 0.0333. The summed E-state index contributed by atoms with van der Waals surface area (Å²) in [7, 11) is -1.39. The normalized spacial score (nSPS) is 31.1. The Labute approximate surface area is 398 Å². The van der Waals surface area contributed by atoms with Gasteiger partial charge in [0.1, 0.15) is 90.5 Å². The fourth-order valence-corrected chi connectivity index (χ4v) is 11.4. The van der Waals surface area contributed by atoms with Crippen LogP contribution in [0.4, 0.5) is 17.5 Å². The van der Waals surface area contributed by atoms with Crippen LogP contribution in [0, 0.1) is 0 Å². The van der Waals surface area contributed by atoms with E-state index in [0.717, 1.165) is 6.66 Å². The highest BCUT2D eigenvalue weighted by molar-refractivity contribution is 8.44. The summed E-state index contributed by atoms with van der Waals surface area (Å²) < 4.78 is 89.5. The third-order valence-electron chi connectivity index (χ3n) is 11.2. The summed E-state index contributed by atoms with van der Waals surface area (Å²) in [4.78, 5) is 58.9. The lowest BCUT2D eigenvalue weighted by Crippen LogP contribution is -2.38. The molecule has 6 aromatic rings. The van der Waals surface area contributed by atoms with Gasteiger partial charge in [-0.25, -0.2) is 49.4 Å². The molecule has 9 heterocycles. The van der Waals surface area contributed by atoms with E-state index in [9.17, 15) is 29.1 Å². The topological polar surface area (TPSA) is 416 Å². The molecule has 31 nitrogen and oxygen atoms in total. The summed E-state index contributed by atoms with van der Waals surface area (Å²) in [5.74, 6) is 0.174. The van der Waals surface area contributed by atoms with Gasteiger partial charge in [0, 0.05) is 20.9 Å². The number of methoxy groups -OCH3 is 2. The molecule has 36 heteroatoms. The standard InChI is InChI=1S/C33H44N15O16P3S2/c1-55-21-14(5-57-65(3,51)52)61-32(47-11-44-17-26(35)38-8-41-29(17)47)23(21)64-67(54,69)59-6-15-22(56-2)24(33(62-15)48-12-45-18-27(36)39-9-42-30(18)48)63-66(53,68)58-4-13-19(49)20(50)31(60-13)46-10-43-16-25(34)37-7-40-28(16)46/h7-15,19-24,31-33,49-50H,4-6H2,1-3H3,(H,51,52)(H,53,68)(H,54,69)(H2,34,37,40)(H2,35,38,41)(H2,36,39,42)/t13-,14-,15-,19-,20-,21-,22-,23-,24-,31-,32-,33-,66?,67?/m1/s1. The van der Waals surface area contributed by atoms with Crippen LogP contribution in [-0.4, -0.2) is 174 Å². The van der Waals surface area contributed by atoms with Crippen molar-refractivity contribution in [1.82, 2.24) is 58.6 Å². The number of nitrogens with two attached hydrogens (primary N) is 3. The fraction of sp³-hybridized carbons (Fsp3) is 0.545. The summed E-state index contributed by atoms with van der Waals surface area (Å²) in [6, 6.07) is 0. The summed E-state index contributed by atoms with van der Waals surface area (Å²) in [6.45, 7) is -9.54. The highest BCUT2D eigenvalue weighted by Gasteiger charge is 2.53. The lowest BCUT2D eigenvalue weighted by Gasteiger charge is -2.28. The van der Waals surface area contributed by atoms with Crippen molar-refractivity contribution in [3.8, 4) is 0 Å². The number of aliphatic hydroxyl groups is 2. The number of imidazole rings is 3. The molecule has 0 spiro atoms. The zero-order valence-electron chi connectivity index (χ0n) is 36.0. The van der Waals surface area contributed by atoms with E-state index < -0.39 is 115 Å². The molecule has 10 N–H and O–H groups in total. The maximum absolute atomic E-state index is 14.2. The zero-order chi connectivity index (χ0) is 49.2. The molecule has 0 amide bonds. The number of hydrogen-bond donors (Lipinski definition) is 8. The molecule has 0 radical (unpaired) electrons. The average molecular weight is 1060 g/mol. The van der Waals surface area contributed by atoms with Crippen LogP contribution in [0.1, 0.15) is 18.7 Å². The van der Waals surface area contributed by atoms with E-state index in [1.165, 1.54) is 65.9 Å². The molecular formula is C33H44N15O16P3S2. The highest BCUT2D eigenvalue weighted by atomic mass is 32.7. The maximum Gasteiger partial charge on any atom is 0.386 e. The molecule has 3 unspecified atom stereocenters. The minimum atomic E-state index is -4.52. The van der Waals surface area contributed by atoms with Gasteiger partial charge in [-0.2, -0.15) is 0 Å². The SMILES string of the molecule is CO[C@H]1[C@@H](OP(=O)(S)OC[C@H]2O[C@@H](n3cnc4c(N)ncnc43)[C@H](O)[C@@H]2O)[C@H](n2cnc3c(N)ncnc32)O[C@@H]1COP(O)(=S)O[C@@H]1[C@H](OC)[C@@H](COP(C)(=O)O)O[C@H]1n1cnc2c(N)ncnc21. The molecule has 69 heavy (non-hydrogen) atoms. The van der Waals surface area contributed by atoms with Crippen LogP contribution >= 0.6 is 33.4 Å². The molecule has 374 valence electrons. The van der Waals surface area contributed by atoms with Gasteiger partial charge in [0.05, 0.1) is 38.8 Å². The van der Waals surface area contributed by atoms with Crippen LogP contribution in [0.25, 0.3) is 33.5 Å². The Bertz CT molecular complexity index is 2990. The molecule has 3 aliphatic rings. The summed E-state index contributed by atoms with van der Waals surface area (Å²) in [5.41, 5.74) is 19.2. The van der Waals surface area contributed by atoms with E-state index in [2.05, 4.69) is 57.1 Å². The van der Waals surface area contributed by atoms with Crippen molar-refractivity contribution in [2.24, 2.45) is 0 Å². The van der Waals surface area contributed by atoms with Crippen molar-refractivity contribution < 1.29 is 75.4 Å².